The van der Waals surface area contributed by atoms with Crippen LogP contribution < -0.4 is 20.4 Å². The average Bonchev–Trinajstić information content (AvgIpc) is 2.40. The van der Waals surface area contributed by atoms with E-state index in [4.69, 9.17) is 12.2 Å². The first-order valence-corrected chi connectivity index (χ1v) is 8.05. The summed E-state index contributed by atoms with van der Waals surface area (Å²) >= 11 is 5.29. The fourth-order valence-corrected chi connectivity index (χ4v) is 2.40. The van der Waals surface area contributed by atoms with Gasteiger partial charge in [0.2, 0.25) is 0 Å². The molecule has 0 unspecified atom stereocenters. The molecule has 1 rings (SSSR count). The predicted octanol–water partition coefficient (Wildman–Crippen LogP) is 1.35. The van der Waals surface area contributed by atoms with Gasteiger partial charge in [-0.1, -0.05) is 0 Å². The van der Waals surface area contributed by atoms with E-state index in [1.807, 2.05) is 0 Å². The van der Waals surface area contributed by atoms with E-state index >= 15 is 0 Å². The molecule has 0 aliphatic rings. The number of anilines is 2. The van der Waals surface area contributed by atoms with Crippen LogP contribution in [-0.4, -0.2) is 44.9 Å². The van der Waals surface area contributed by atoms with Gasteiger partial charge in [0.15, 0.2) is 5.11 Å². The van der Waals surface area contributed by atoms with E-state index in [9.17, 15) is 0 Å². The molecule has 3 N–H and O–H groups in total. The van der Waals surface area contributed by atoms with Crippen LogP contribution in [0.25, 0.3) is 0 Å². The molecule has 118 valence electrons. The van der Waals surface area contributed by atoms with Crippen molar-refractivity contribution in [3.63, 3.8) is 0 Å². The first-order chi connectivity index (χ1) is 9.93. The number of nitrogens with zero attached hydrogens (tertiary/aromatic N) is 1. The van der Waals surface area contributed by atoms with Crippen molar-refractivity contribution in [1.29, 1.82) is 0 Å². The van der Waals surface area contributed by atoms with E-state index in [-0.39, 0.29) is 0 Å². The minimum Gasteiger partial charge on any atom is -0.369 e. The molecule has 21 heavy (non-hydrogen) atoms. The predicted molar refractivity (Wildman–Crippen MR) is 96.5 cm³/mol. The summed E-state index contributed by atoms with van der Waals surface area (Å²) in [5, 5.41) is 7.12. The molecule has 0 radical (unpaired) electrons. The highest BCUT2D eigenvalue weighted by Gasteiger charge is 2.08. The van der Waals surface area contributed by atoms with Crippen LogP contribution in [0.3, 0.4) is 0 Å². The van der Waals surface area contributed by atoms with Crippen LogP contribution in [-0.2, 0) is 0 Å². The summed E-state index contributed by atoms with van der Waals surface area (Å²) in [6, 6.07) is 8.93. The van der Waals surface area contributed by atoms with Crippen LogP contribution in [0, 0.1) is 0 Å². The molecule has 0 saturated heterocycles. The summed E-state index contributed by atoms with van der Waals surface area (Å²) < 4.78 is 0. The van der Waals surface area contributed by atoms with Gasteiger partial charge < -0.3 is 20.4 Å². The average molecular weight is 310 g/mol. The number of likely N-dealkylation sites (N-methyl/N-ethyl adjacent to an activating group) is 1. The molecule has 0 heterocycles. The molecule has 0 aliphatic heterocycles. The lowest BCUT2D eigenvalue weighted by Crippen LogP contribution is -3.06. The summed E-state index contributed by atoms with van der Waals surface area (Å²) in [6.45, 7) is 9.53. The number of benzene rings is 1. The zero-order valence-corrected chi connectivity index (χ0v) is 14.7. The molecule has 0 spiro atoms. The summed E-state index contributed by atoms with van der Waals surface area (Å²) in [7, 11) is 4.26. The molecular formula is C16H29N4S+. The van der Waals surface area contributed by atoms with Crippen molar-refractivity contribution in [3.05, 3.63) is 24.3 Å². The quantitative estimate of drug-likeness (QED) is 0.664. The van der Waals surface area contributed by atoms with Crippen LogP contribution in [0.1, 0.15) is 20.8 Å². The second-order valence-corrected chi connectivity index (χ2v) is 6.17. The number of quaternary nitrogens is 1. The molecule has 0 fully saturated rings. The summed E-state index contributed by atoms with van der Waals surface area (Å²) in [5.41, 5.74) is 2.27. The maximum Gasteiger partial charge on any atom is 0.170 e. The molecule has 0 amide bonds. The van der Waals surface area contributed by atoms with Gasteiger partial charge in [-0.25, -0.2) is 0 Å². The molecule has 0 aromatic heterocycles. The second kappa shape index (κ2) is 8.85. The standard InChI is InChI=1S/C16H28N4S/c1-6-20(13(2)3)15-9-7-14(8-10-15)18-16(21)17-11-12-19(4)5/h7-10,13H,6,11-12H2,1-5H3,(H2,17,18,21)/p+1. The van der Waals surface area contributed by atoms with Gasteiger partial charge in [0.05, 0.1) is 27.2 Å². The fourth-order valence-electron chi connectivity index (χ4n) is 2.18. The Morgan fingerprint density at radius 1 is 1.24 bits per heavy atom. The van der Waals surface area contributed by atoms with Gasteiger partial charge in [-0.05, 0) is 57.3 Å². The maximum atomic E-state index is 5.29. The highest BCUT2D eigenvalue weighted by Crippen LogP contribution is 2.19. The van der Waals surface area contributed by atoms with E-state index < -0.39 is 0 Å². The van der Waals surface area contributed by atoms with Crippen LogP contribution in [0.15, 0.2) is 24.3 Å². The van der Waals surface area contributed by atoms with Crippen molar-refractivity contribution >= 4 is 28.7 Å². The normalized spacial score (nSPS) is 10.8. The number of hydrogen-bond acceptors (Lipinski definition) is 2. The molecule has 0 saturated carbocycles. The van der Waals surface area contributed by atoms with Gasteiger partial charge in [0.25, 0.3) is 0 Å². The Morgan fingerprint density at radius 3 is 2.33 bits per heavy atom. The van der Waals surface area contributed by atoms with Gasteiger partial charge in [0.1, 0.15) is 0 Å². The van der Waals surface area contributed by atoms with Gasteiger partial charge >= 0.3 is 0 Å². The number of hydrogen-bond donors (Lipinski definition) is 3. The number of thiocarbonyl (C=S) groups is 1. The van der Waals surface area contributed by atoms with E-state index in [0.29, 0.717) is 11.2 Å². The van der Waals surface area contributed by atoms with Crippen molar-refractivity contribution in [3.8, 4) is 0 Å². The first-order valence-electron chi connectivity index (χ1n) is 7.64. The second-order valence-electron chi connectivity index (χ2n) is 5.76. The number of rotatable bonds is 7. The molecule has 1 aromatic carbocycles. The van der Waals surface area contributed by atoms with Gasteiger partial charge in [-0.3, -0.25) is 0 Å². The summed E-state index contributed by atoms with van der Waals surface area (Å²) in [6.07, 6.45) is 0. The fraction of sp³-hybridized carbons (Fsp3) is 0.562. The van der Waals surface area contributed by atoms with Gasteiger partial charge in [-0.2, -0.15) is 0 Å². The Labute approximate surface area is 134 Å². The first kappa shape index (κ1) is 17.7. The molecule has 1 aromatic rings. The van der Waals surface area contributed by atoms with Crippen molar-refractivity contribution in [2.75, 3.05) is 43.9 Å². The van der Waals surface area contributed by atoms with E-state index in [1.165, 1.54) is 10.6 Å². The third kappa shape index (κ3) is 6.31. The Bertz CT molecular complexity index is 428. The Balaban J connectivity index is 2.52. The smallest absolute Gasteiger partial charge is 0.170 e. The van der Waals surface area contributed by atoms with E-state index in [0.717, 1.165) is 25.3 Å². The van der Waals surface area contributed by atoms with E-state index in [1.54, 1.807) is 0 Å². The lowest BCUT2D eigenvalue weighted by molar-refractivity contribution is -0.856. The van der Waals surface area contributed by atoms with Crippen molar-refractivity contribution in [2.24, 2.45) is 0 Å². The maximum absolute atomic E-state index is 5.29. The van der Waals surface area contributed by atoms with Crippen LogP contribution in [0.5, 0.6) is 0 Å². The third-order valence-electron chi connectivity index (χ3n) is 3.33. The van der Waals surface area contributed by atoms with Gasteiger partial charge in [-0.15, -0.1) is 0 Å². The van der Waals surface area contributed by atoms with Crippen molar-refractivity contribution in [1.82, 2.24) is 5.32 Å². The summed E-state index contributed by atoms with van der Waals surface area (Å²) in [5.74, 6) is 0. The van der Waals surface area contributed by atoms with Gasteiger partial charge in [0, 0.05) is 24.0 Å². The zero-order chi connectivity index (χ0) is 15.8. The minimum atomic E-state index is 0.505. The highest BCUT2D eigenvalue weighted by atomic mass is 32.1. The van der Waals surface area contributed by atoms with Crippen LogP contribution in [0.4, 0.5) is 11.4 Å². The zero-order valence-electron chi connectivity index (χ0n) is 13.9. The largest absolute Gasteiger partial charge is 0.369 e. The molecule has 0 aliphatic carbocycles. The minimum absolute atomic E-state index is 0.505. The number of nitrogens with one attached hydrogen (secondary N) is 3. The molecule has 0 atom stereocenters. The lowest BCUT2D eigenvalue weighted by atomic mass is 10.2. The molecule has 0 bridgehead atoms. The van der Waals surface area contributed by atoms with Crippen LogP contribution >= 0.6 is 12.2 Å². The Kier molecular flexibility index (Phi) is 7.47. The lowest BCUT2D eigenvalue weighted by Gasteiger charge is -2.27. The van der Waals surface area contributed by atoms with Crippen molar-refractivity contribution < 1.29 is 4.90 Å². The molecule has 5 heteroatoms. The molecular weight excluding hydrogens is 280 g/mol. The third-order valence-corrected chi connectivity index (χ3v) is 3.58. The monoisotopic (exact) mass is 309 g/mol. The van der Waals surface area contributed by atoms with Crippen LogP contribution in [0.2, 0.25) is 0 Å². The topological polar surface area (TPSA) is 31.7 Å². The van der Waals surface area contributed by atoms with E-state index in [2.05, 4.69) is 74.7 Å². The Morgan fingerprint density at radius 2 is 1.86 bits per heavy atom. The van der Waals surface area contributed by atoms with Crippen molar-refractivity contribution in [2.45, 2.75) is 26.8 Å². The molecule has 4 nitrogen and oxygen atoms in total. The highest BCUT2D eigenvalue weighted by molar-refractivity contribution is 7.80. The SMILES string of the molecule is CCN(c1ccc(NC(=S)NCC[NH+](C)C)cc1)C(C)C. The Hall–Kier alpha value is -1.33. The summed E-state index contributed by atoms with van der Waals surface area (Å²) in [4.78, 5) is 3.77.